The summed E-state index contributed by atoms with van der Waals surface area (Å²) in [5.74, 6) is -0.0382. The number of ether oxygens (including phenoxy) is 2. The highest BCUT2D eigenvalue weighted by Crippen LogP contribution is 2.41. The number of para-hydroxylation sites is 1. The van der Waals surface area contributed by atoms with Crippen molar-refractivity contribution < 1.29 is 38.9 Å². The first kappa shape index (κ1) is 46.0. The van der Waals surface area contributed by atoms with Gasteiger partial charge >= 0.3 is 18.0 Å². The average Bonchev–Trinajstić information content (AvgIpc) is 4.13. The normalized spacial score (nSPS) is 15.2. The van der Waals surface area contributed by atoms with E-state index in [1.807, 2.05) is 42.5 Å². The molecule has 18 nitrogen and oxygen atoms in total. The van der Waals surface area contributed by atoms with Crippen LogP contribution >= 0.6 is 11.8 Å². The molecular formula is C49H46N10O8S. The van der Waals surface area contributed by atoms with Gasteiger partial charge in [0.05, 0.1) is 36.8 Å². The number of aromatic hydroxyl groups is 1. The van der Waals surface area contributed by atoms with Crippen molar-refractivity contribution >= 4 is 86.9 Å². The van der Waals surface area contributed by atoms with Crippen LogP contribution in [0.2, 0.25) is 0 Å². The number of benzene rings is 5. The number of thioether (sulfide) groups is 1. The lowest BCUT2D eigenvalue weighted by molar-refractivity contribution is -0.138. The second kappa shape index (κ2) is 21.6. The summed E-state index contributed by atoms with van der Waals surface area (Å²) >= 11 is 1.09. The number of esters is 1. The summed E-state index contributed by atoms with van der Waals surface area (Å²) in [5.41, 5.74) is 4.40. The highest BCUT2D eigenvalue weighted by atomic mass is 32.2. The van der Waals surface area contributed by atoms with Gasteiger partial charge in [0.25, 0.3) is 5.91 Å². The number of phenolic OH excluding ortho intramolecular Hbond substituents is 1. The van der Waals surface area contributed by atoms with Gasteiger partial charge in [-0.15, -0.1) is 0 Å². The van der Waals surface area contributed by atoms with E-state index in [1.54, 1.807) is 55.5 Å². The Morgan fingerprint density at radius 3 is 1.87 bits per heavy atom. The van der Waals surface area contributed by atoms with Gasteiger partial charge in [-0.1, -0.05) is 36.0 Å². The minimum absolute atomic E-state index is 0.0107. The number of anilines is 4. The Kier molecular flexibility index (Phi) is 14.6. The molecule has 3 aliphatic heterocycles. The first-order valence-electron chi connectivity index (χ1n) is 21.6. The maximum Gasteiger partial charge on any atom is 0.344 e. The van der Waals surface area contributed by atoms with E-state index in [-0.39, 0.29) is 64.6 Å². The van der Waals surface area contributed by atoms with E-state index >= 15 is 0 Å². The first-order valence-corrected chi connectivity index (χ1v) is 22.4. The molecule has 0 spiro atoms. The van der Waals surface area contributed by atoms with Crippen molar-refractivity contribution in [2.24, 2.45) is 15.0 Å². The molecule has 0 aromatic heterocycles. The van der Waals surface area contributed by atoms with Crippen LogP contribution in [0.15, 0.2) is 146 Å². The third kappa shape index (κ3) is 11.8. The Bertz CT molecular complexity index is 2780. The number of amidine groups is 2. The van der Waals surface area contributed by atoms with Gasteiger partial charge in [0.1, 0.15) is 34.7 Å². The van der Waals surface area contributed by atoms with Crippen molar-refractivity contribution in [1.29, 1.82) is 0 Å². The van der Waals surface area contributed by atoms with Crippen LogP contribution < -0.4 is 42.0 Å². The number of carbonyl (C=O) groups excluding carboxylic acids is 4. The van der Waals surface area contributed by atoms with E-state index in [0.717, 1.165) is 47.6 Å². The second-order valence-corrected chi connectivity index (χ2v) is 16.1. The van der Waals surface area contributed by atoms with Crippen LogP contribution in [0, 0.1) is 0 Å². The molecule has 9 N–H and O–H groups in total. The highest BCUT2D eigenvalue weighted by Gasteiger charge is 2.33. The zero-order valence-electron chi connectivity index (χ0n) is 36.6. The van der Waals surface area contributed by atoms with E-state index in [0.29, 0.717) is 40.6 Å². The molecule has 5 amide bonds. The maximum absolute atomic E-state index is 13.6. The van der Waals surface area contributed by atoms with E-state index in [9.17, 15) is 29.4 Å². The van der Waals surface area contributed by atoms with Crippen LogP contribution in [0.4, 0.5) is 38.0 Å². The summed E-state index contributed by atoms with van der Waals surface area (Å²) in [7, 11) is 0. The number of phenols is 1. The average molecular weight is 935 g/mol. The van der Waals surface area contributed by atoms with Crippen molar-refractivity contribution in [2.45, 2.75) is 6.92 Å². The van der Waals surface area contributed by atoms with Crippen LogP contribution in [0.3, 0.4) is 0 Å². The lowest BCUT2D eigenvalue weighted by atomic mass is 10.1. The number of hydrogen-bond acceptors (Lipinski definition) is 14. The van der Waals surface area contributed by atoms with E-state index in [4.69, 9.17) is 9.47 Å². The third-order valence-electron chi connectivity index (χ3n) is 10.2. The zero-order chi connectivity index (χ0) is 47.4. The molecule has 3 heterocycles. The van der Waals surface area contributed by atoms with Crippen molar-refractivity contribution in [3.8, 4) is 11.5 Å². The number of hydrogen-bond donors (Lipinski definition) is 9. The monoisotopic (exact) mass is 934 g/mol. The van der Waals surface area contributed by atoms with Gasteiger partial charge in [0, 0.05) is 52.5 Å². The number of nitrogens with zero attached hydrogens (tertiary/aromatic N) is 3. The first-order chi connectivity index (χ1) is 33.1. The number of aliphatic imine (C=N–C) groups is 3. The number of urea groups is 2. The van der Waals surface area contributed by atoms with E-state index in [1.165, 1.54) is 30.3 Å². The van der Waals surface area contributed by atoms with Crippen LogP contribution in [0.1, 0.15) is 34.0 Å². The highest BCUT2D eigenvalue weighted by molar-refractivity contribution is 8.18. The number of aliphatic hydroxyl groups excluding tert-OH is 1. The van der Waals surface area contributed by atoms with Gasteiger partial charge in [-0.25, -0.2) is 19.4 Å². The molecule has 0 atom stereocenters. The molecule has 0 bridgehead atoms. The van der Waals surface area contributed by atoms with Crippen molar-refractivity contribution in [3.63, 3.8) is 0 Å². The molecule has 19 heteroatoms. The van der Waals surface area contributed by atoms with Gasteiger partial charge in [0.2, 0.25) is 0 Å². The summed E-state index contributed by atoms with van der Waals surface area (Å²) in [5, 5.41) is 42.5. The molecule has 0 aliphatic carbocycles. The van der Waals surface area contributed by atoms with Crippen molar-refractivity contribution in [1.82, 2.24) is 16.0 Å². The molecule has 5 aromatic carbocycles. The van der Waals surface area contributed by atoms with E-state index < -0.39 is 23.9 Å². The van der Waals surface area contributed by atoms with Gasteiger partial charge in [0.15, 0.2) is 11.5 Å². The summed E-state index contributed by atoms with van der Waals surface area (Å²) in [6, 6.07) is 31.2. The largest absolute Gasteiger partial charge is 0.506 e. The summed E-state index contributed by atoms with van der Waals surface area (Å²) in [6.07, 6.45) is 1.60. The number of aliphatic hydroxyl groups is 1. The molecule has 0 fully saturated rings. The molecule has 5 aromatic rings. The summed E-state index contributed by atoms with van der Waals surface area (Å²) < 4.78 is 11.0. The summed E-state index contributed by atoms with van der Waals surface area (Å²) in [6.45, 7) is 4.68. The van der Waals surface area contributed by atoms with Gasteiger partial charge < -0.3 is 56.9 Å². The Balaban J connectivity index is 0.909. The van der Waals surface area contributed by atoms with Gasteiger partial charge in [-0.05, 0) is 110 Å². The Hall–Kier alpha value is -8.58. The lowest BCUT2D eigenvalue weighted by Crippen LogP contribution is -2.28. The van der Waals surface area contributed by atoms with Crippen molar-refractivity contribution in [2.75, 3.05) is 67.2 Å². The number of nitrogens with one attached hydrogen (secondary N) is 7. The third-order valence-corrected chi connectivity index (χ3v) is 11.2. The number of amides is 5. The Labute approximate surface area is 394 Å². The van der Waals surface area contributed by atoms with Crippen LogP contribution in [-0.2, 0) is 9.53 Å². The van der Waals surface area contributed by atoms with Crippen LogP contribution in [0.5, 0.6) is 11.5 Å². The fraction of sp³-hybridized carbons (Fsp3) is 0.163. The van der Waals surface area contributed by atoms with Gasteiger partial charge in [-0.3, -0.25) is 14.8 Å². The molecule has 0 unspecified atom stereocenters. The maximum atomic E-state index is 13.6. The lowest BCUT2D eigenvalue weighted by Gasteiger charge is -2.14. The molecule has 68 heavy (non-hydrogen) atoms. The predicted molar refractivity (Wildman–Crippen MR) is 265 cm³/mol. The molecule has 3 aliphatic rings. The SMILES string of the molecule is CCOC(=O)C1=C(O)/C(=C/c2ccc(OCCNC(=O)c3cc(NC(=O)Nc4ccc(C5=NCCN5)cc4)cc(NC(=O)Nc4ccc(C5=NCCN5)cc4)c3)c(O)c2)SC1=Nc1ccccc1. The van der Waals surface area contributed by atoms with Crippen LogP contribution in [-0.4, -0.2) is 96.8 Å². The van der Waals surface area contributed by atoms with Crippen molar-refractivity contribution in [3.05, 3.63) is 154 Å². The number of rotatable bonds is 15. The van der Waals surface area contributed by atoms with E-state index in [2.05, 4.69) is 52.2 Å². The molecule has 346 valence electrons. The number of carbonyl (C=O) groups is 4. The predicted octanol–water partition coefficient (Wildman–Crippen LogP) is 7.38. The van der Waals surface area contributed by atoms with Crippen LogP contribution in [0.25, 0.3) is 6.08 Å². The smallest absolute Gasteiger partial charge is 0.344 e. The second-order valence-electron chi connectivity index (χ2n) is 15.1. The Morgan fingerprint density at radius 1 is 0.735 bits per heavy atom. The quantitative estimate of drug-likeness (QED) is 0.0370. The molecular weight excluding hydrogens is 889 g/mol. The minimum atomic E-state index is -0.710. The summed E-state index contributed by atoms with van der Waals surface area (Å²) in [4.78, 5) is 66.4. The molecule has 0 saturated heterocycles. The van der Waals surface area contributed by atoms with Gasteiger partial charge in [-0.2, -0.15) is 0 Å². The fourth-order valence-corrected chi connectivity index (χ4v) is 8.07. The molecule has 8 rings (SSSR count). The fourth-order valence-electron chi connectivity index (χ4n) is 7.03. The zero-order valence-corrected chi connectivity index (χ0v) is 37.4. The minimum Gasteiger partial charge on any atom is -0.506 e. The Morgan fingerprint density at radius 2 is 1.32 bits per heavy atom. The standard InChI is InChI=1S/C49H46N10O8S/c1-2-66-47(63)41-42(61)40(68-46(41)55-33-6-4-3-5-7-33)25-29-8-17-39(38(60)24-29)67-23-22-54-45(62)32-26-36(58-48(64)56-34-13-9-30(10-14-34)43-50-18-19-51-43)28-37(27-32)59-49(65)57-35-15-11-31(12-16-35)44-52-20-21-53-44/h3-17,24-28,60-61H,2,18-23H2,1H3,(H,50,51)(H,52,53)(H,54,62)(H2,56,58,64)(H2,57,59,65)/b40-25-,55-46?. The molecule has 0 radical (unpaired) electrons. The molecule has 0 saturated carbocycles. The topological polar surface area (TPSA) is 248 Å².